The molecule has 4 nitrogen and oxygen atoms in total. The molecule has 0 aliphatic carbocycles. The quantitative estimate of drug-likeness (QED) is 0.702. The number of rotatable bonds is 8. The second-order valence-corrected chi connectivity index (χ2v) is 6.54. The first kappa shape index (κ1) is 18.0. The summed E-state index contributed by atoms with van der Waals surface area (Å²) in [6, 6.07) is 6.04. The summed E-state index contributed by atoms with van der Waals surface area (Å²) in [5.41, 5.74) is 2.34. The lowest BCUT2D eigenvalue weighted by atomic mass is 10.1. The van der Waals surface area contributed by atoms with Gasteiger partial charge in [0.15, 0.2) is 0 Å². The molecule has 0 fully saturated rings. The highest BCUT2D eigenvalue weighted by Gasteiger charge is 2.12. The number of amides is 1. The summed E-state index contributed by atoms with van der Waals surface area (Å²) in [6.07, 6.45) is 3.66. The molecule has 5 heteroatoms. The standard InChI is InChI=1S/C18H25BrN2O2/c1-3-21(4-2)18(22)6-5-9-20-12-14-10-15-11-16(19)7-8-17(15)23-13-14/h7-8,10-11,20H,3-6,9,12-13H2,1-2H3. The van der Waals surface area contributed by atoms with Gasteiger partial charge in [-0.05, 0) is 56.7 Å². The van der Waals surface area contributed by atoms with Crippen LogP contribution in [0.4, 0.5) is 0 Å². The lowest BCUT2D eigenvalue weighted by Gasteiger charge is -2.19. The normalized spacial score (nSPS) is 13.1. The number of fused-ring (bicyclic) bond motifs is 1. The predicted octanol–water partition coefficient (Wildman–Crippen LogP) is 3.46. The Morgan fingerprint density at radius 3 is 2.87 bits per heavy atom. The van der Waals surface area contributed by atoms with Gasteiger partial charge in [0, 0.05) is 36.1 Å². The molecule has 1 aromatic carbocycles. The SMILES string of the molecule is CCN(CC)C(=O)CCCNCC1=Cc2cc(Br)ccc2OC1. The molecule has 1 amide bonds. The van der Waals surface area contributed by atoms with Crippen molar-refractivity contribution >= 4 is 27.9 Å². The third-order valence-electron chi connectivity index (χ3n) is 3.96. The van der Waals surface area contributed by atoms with Gasteiger partial charge in [0.2, 0.25) is 5.91 Å². The fourth-order valence-corrected chi connectivity index (χ4v) is 3.02. The van der Waals surface area contributed by atoms with Crippen molar-refractivity contribution < 1.29 is 9.53 Å². The number of ether oxygens (including phenoxy) is 1. The maximum Gasteiger partial charge on any atom is 0.222 e. The van der Waals surface area contributed by atoms with Crippen LogP contribution in [0, 0.1) is 0 Å². The van der Waals surface area contributed by atoms with Crippen molar-refractivity contribution in [3.05, 3.63) is 33.8 Å². The van der Waals surface area contributed by atoms with Crippen molar-refractivity contribution in [2.45, 2.75) is 26.7 Å². The van der Waals surface area contributed by atoms with Gasteiger partial charge >= 0.3 is 0 Å². The van der Waals surface area contributed by atoms with E-state index in [2.05, 4.69) is 33.4 Å². The Morgan fingerprint density at radius 2 is 2.13 bits per heavy atom. The summed E-state index contributed by atoms with van der Waals surface area (Å²) in [4.78, 5) is 13.8. The van der Waals surface area contributed by atoms with Crippen LogP contribution in [-0.2, 0) is 4.79 Å². The first-order valence-corrected chi connectivity index (χ1v) is 9.03. The van der Waals surface area contributed by atoms with Crippen LogP contribution in [0.2, 0.25) is 0 Å². The molecule has 0 radical (unpaired) electrons. The lowest BCUT2D eigenvalue weighted by Crippen LogP contribution is -2.31. The monoisotopic (exact) mass is 380 g/mol. The van der Waals surface area contributed by atoms with E-state index in [4.69, 9.17) is 4.74 Å². The second-order valence-electron chi connectivity index (χ2n) is 5.62. The topological polar surface area (TPSA) is 41.6 Å². The minimum Gasteiger partial charge on any atom is -0.489 e. The van der Waals surface area contributed by atoms with Crippen molar-refractivity contribution in [1.82, 2.24) is 10.2 Å². The first-order valence-electron chi connectivity index (χ1n) is 8.24. The molecular formula is C18H25BrN2O2. The molecule has 0 bridgehead atoms. The molecule has 0 aromatic heterocycles. The molecule has 1 heterocycles. The smallest absolute Gasteiger partial charge is 0.222 e. The van der Waals surface area contributed by atoms with Crippen LogP contribution in [0.25, 0.3) is 6.08 Å². The van der Waals surface area contributed by atoms with E-state index >= 15 is 0 Å². The Bertz CT molecular complexity index is 568. The molecule has 2 rings (SSSR count). The van der Waals surface area contributed by atoms with Gasteiger partial charge in [-0.2, -0.15) is 0 Å². The van der Waals surface area contributed by atoms with Gasteiger partial charge in [-0.15, -0.1) is 0 Å². The number of halogens is 1. The highest BCUT2D eigenvalue weighted by molar-refractivity contribution is 9.10. The molecule has 1 N–H and O–H groups in total. The molecule has 0 saturated heterocycles. The van der Waals surface area contributed by atoms with Crippen LogP contribution in [0.1, 0.15) is 32.3 Å². The molecular weight excluding hydrogens is 356 g/mol. The Hall–Kier alpha value is -1.33. The number of hydrogen-bond donors (Lipinski definition) is 1. The van der Waals surface area contributed by atoms with Gasteiger partial charge < -0.3 is 15.0 Å². The maximum absolute atomic E-state index is 11.9. The number of nitrogens with zero attached hydrogens (tertiary/aromatic N) is 1. The third kappa shape index (κ3) is 5.36. The van der Waals surface area contributed by atoms with Gasteiger partial charge in [0.25, 0.3) is 0 Å². The fourth-order valence-electron chi connectivity index (χ4n) is 2.65. The molecule has 0 unspecified atom stereocenters. The van der Waals surface area contributed by atoms with E-state index in [1.165, 1.54) is 5.57 Å². The molecule has 0 atom stereocenters. The van der Waals surface area contributed by atoms with Gasteiger partial charge in [-0.1, -0.05) is 15.9 Å². The van der Waals surface area contributed by atoms with E-state index in [0.717, 1.165) is 48.4 Å². The summed E-state index contributed by atoms with van der Waals surface area (Å²) in [7, 11) is 0. The molecule has 1 aliphatic heterocycles. The Labute approximate surface area is 147 Å². The number of carbonyl (C=O) groups is 1. The van der Waals surface area contributed by atoms with Crippen LogP contribution in [-0.4, -0.2) is 43.6 Å². The molecule has 1 aromatic rings. The minimum absolute atomic E-state index is 0.246. The molecule has 23 heavy (non-hydrogen) atoms. The summed E-state index contributed by atoms with van der Waals surface area (Å²) in [5, 5.41) is 3.40. The van der Waals surface area contributed by atoms with Gasteiger partial charge in [0.1, 0.15) is 12.4 Å². The zero-order chi connectivity index (χ0) is 16.7. The van der Waals surface area contributed by atoms with Gasteiger partial charge in [-0.25, -0.2) is 0 Å². The fraction of sp³-hybridized carbons (Fsp3) is 0.500. The van der Waals surface area contributed by atoms with E-state index < -0.39 is 0 Å². The Balaban J connectivity index is 1.72. The van der Waals surface area contributed by atoms with Crippen LogP contribution in [0.3, 0.4) is 0 Å². The van der Waals surface area contributed by atoms with Crippen molar-refractivity contribution in [2.24, 2.45) is 0 Å². The van der Waals surface area contributed by atoms with E-state index in [0.29, 0.717) is 13.0 Å². The zero-order valence-electron chi connectivity index (χ0n) is 13.9. The first-order chi connectivity index (χ1) is 11.1. The minimum atomic E-state index is 0.246. The van der Waals surface area contributed by atoms with Crippen molar-refractivity contribution in [3.8, 4) is 5.75 Å². The third-order valence-corrected chi connectivity index (χ3v) is 4.45. The van der Waals surface area contributed by atoms with Crippen LogP contribution < -0.4 is 10.1 Å². The van der Waals surface area contributed by atoms with Crippen molar-refractivity contribution in [2.75, 3.05) is 32.8 Å². The molecule has 1 aliphatic rings. The molecule has 0 saturated carbocycles. The van der Waals surface area contributed by atoms with Gasteiger partial charge in [0.05, 0.1) is 0 Å². The average Bonchev–Trinajstić information content (AvgIpc) is 2.55. The second kappa shape index (κ2) is 9.08. The van der Waals surface area contributed by atoms with Crippen LogP contribution in [0.5, 0.6) is 5.75 Å². The summed E-state index contributed by atoms with van der Waals surface area (Å²) < 4.78 is 6.81. The van der Waals surface area contributed by atoms with Crippen LogP contribution >= 0.6 is 15.9 Å². The molecule has 126 valence electrons. The number of carbonyl (C=O) groups excluding carboxylic acids is 1. The zero-order valence-corrected chi connectivity index (χ0v) is 15.5. The lowest BCUT2D eigenvalue weighted by molar-refractivity contribution is -0.130. The van der Waals surface area contributed by atoms with E-state index in [-0.39, 0.29) is 5.91 Å². The summed E-state index contributed by atoms with van der Waals surface area (Å²) >= 11 is 3.48. The van der Waals surface area contributed by atoms with Gasteiger partial charge in [-0.3, -0.25) is 4.79 Å². The van der Waals surface area contributed by atoms with E-state index in [1.807, 2.05) is 30.9 Å². The van der Waals surface area contributed by atoms with Crippen LogP contribution in [0.15, 0.2) is 28.2 Å². The number of nitrogens with one attached hydrogen (secondary N) is 1. The highest BCUT2D eigenvalue weighted by Crippen LogP contribution is 2.28. The van der Waals surface area contributed by atoms with E-state index in [1.54, 1.807) is 0 Å². The number of hydrogen-bond acceptors (Lipinski definition) is 3. The summed E-state index contributed by atoms with van der Waals surface area (Å²) in [6.45, 7) is 7.89. The predicted molar refractivity (Wildman–Crippen MR) is 97.6 cm³/mol. The molecule has 0 spiro atoms. The maximum atomic E-state index is 11.9. The largest absolute Gasteiger partial charge is 0.489 e. The van der Waals surface area contributed by atoms with Crippen molar-refractivity contribution in [1.29, 1.82) is 0 Å². The number of benzene rings is 1. The van der Waals surface area contributed by atoms with Crippen molar-refractivity contribution in [3.63, 3.8) is 0 Å². The van der Waals surface area contributed by atoms with E-state index in [9.17, 15) is 4.79 Å². The summed E-state index contributed by atoms with van der Waals surface area (Å²) in [5.74, 6) is 1.18. The Morgan fingerprint density at radius 1 is 1.35 bits per heavy atom. The average molecular weight is 381 g/mol. The Kier molecular flexibility index (Phi) is 7.12. The highest BCUT2D eigenvalue weighted by atomic mass is 79.9.